The van der Waals surface area contributed by atoms with E-state index in [4.69, 9.17) is 5.73 Å². The van der Waals surface area contributed by atoms with E-state index < -0.39 is 11.8 Å². The van der Waals surface area contributed by atoms with E-state index in [1.54, 1.807) is 6.07 Å². The van der Waals surface area contributed by atoms with Crippen LogP contribution in [0.1, 0.15) is 40.2 Å². The van der Waals surface area contributed by atoms with Crippen LogP contribution in [0.2, 0.25) is 0 Å². The maximum absolute atomic E-state index is 13.4. The van der Waals surface area contributed by atoms with E-state index in [0.29, 0.717) is 11.3 Å². The van der Waals surface area contributed by atoms with E-state index in [-0.39, 0.29) is 23.8 Å². The molecule has 1 aliphatic heterocycles. The normalized spacial score (nSPS) is 19.0. The Hall–Kier alpha value is -2.67. The van der Waals surface area contributed by atoms with Crippen molar-refractivity contribution in [2.24, 2.45) is 10.7 Å². The number of nitrogens with zero attached hydrogens (tertiary/aromatic N) is 1. The SMILES string of the molecule is C=NC(N)(c1cccc(C2CC(=O)Nc3cc(C)c(C)cc32)c1)C(F)(F)F. The first kappa shape index (κ1) is 19.1. The molecule has 0 radical (unpaired) electrons. The van der Waals surface area contributed by atoms with E-state index >= 15 is 0 Å². The summed E-state index contributed by atoms with van der Waals surface area (Å²) in [5.74, 6) is -0.548. The number of carbonyl (C=O) groups is 1. The van der Waals surface area contributed by atoms with Gasteiger partial charge < -0.3 is 5.32 Å². The summed E-state index contributed by atoms with van der Waals surface area (Å²) < 4.78 is 40.3. The molecule has 2 unspecified atom stereocenters. The number of alkyl halides is 3. The van der Waals surface area contributed by atoms with Gasteiger partial charge in [0.05, 0.1) is 0 Å². The number of nitrogens with two attached hydrogens (primary N) is 1. The van der Waals surface area contributed by atoms with Crippen LogP contribution in [-0.4, -0.2) is 18.8 Å². The van der Waals surface area contributed by atoms with Crippen LogP contribution >= 0.6 is 0 Å². The molecule has 27 heavy (non-hydrogen) atoms. The summed E-state index contributed by atoms with van der Waals surface area (Å²) in [7, 11) is 0. The lowest BCUT2D eigenvalue weighted by molar-refractivity contribution is -0.186. The lowest BCUT2D eigenvalue weighted by atomic mass is 9.82. The maximum atomic E-state index is 13.4. The van der Waals surface area contributed by atoms with Crippen molar-refractivity contribution in [3.8, 4) is 0 Å². The average Bonchev–Trinajstić information content (AvgIpc) is 2.61. The number of rotatable bonds is 3. The van der Waals surface area contributed by atoms with Gasteiger partial charge in [0.2, 0.25) is 11.6 Å². The fourth-order valence-corrected chi connectivity index (χ4v) is 3.37. The van der Waals surface area contributed by atoms with Crippen molar-refractivity contribution in [1.82, 2.24) is 0 Å². The molecule has 1 heterocycles. The topological polar surface area (TPSA) is 67.5 Å². The Morgan fingerprint density at radius 3 is 2.48 bits per heavy atom. The van der Waals surface area contributed by atoms with Gasteiger partial charge in [0.15, 0.2) is 0 Å². The second-order valence-electron chi connectivity index (χ2n) is 6.88. The van der Waals surface area contributed by atoms with Gasteiger partial charge >= 0.3 is 6.18 Å². The van der Waals surface area contributed by atoms with Gasteiger partial charge in [0.1, 0.15) is 0 Å². The molecule has 2 atom stereocenters. The highest BCUT2D eigenvalue weighted by Crippen LogP contribution is 2.42. The number of nitrogens with one attached hydrogen (secondary N) is 1. The monoisotopic (exact) mass is 375 g/mol. The molecule has 0 saturated carbocycles. The number of hydrogen-bond donors (Lipinski definition) is 2. The average molecular weight is 375 g/mol. The number of carbonyl (C=O) groups excluding carboxylic acids is 1. The van der Waals surface area contributed by atoms with Gasteiger partial charge in [-0.25, -0.2) is 0 Å². The fraction of sp³-hybridized carbons (Fsp3) is 0.300. The largest absolute Gasteiger partial charge is 0.431 e. The molecule has 0 spiro atoms. The minimum atomic E-state index is -4.79. The van der Waals surface area contributed by atoms with Gasteiger partial charge in [-0.2, -0.15) is 13.2 Å². The number of amides is 1. The van der Waals surface area contributed by atoms with Gasteiger partial charge in [-0.3, -0.25) is 15.5 Å². The van der Waals surface area contributed by atoms with Crippen molar-refractivity contribution in [2.75, 3.05) is 5.32 Å². The number of fused-ring (bicyclic) bond motifs is 1. The Morgan fingerprint density at radius 1 is 1.19 bits per heavy atom. The highest BCUT2D eigenvalue weighted by molar-refractivity contribution is 5.95. The van der Waals surface area contributed by atoms with E-state index in [1.807, 2.05) is 26.0 Å². The third-order valence-electron chi connectivity index (χ3n) is 5.12. The van der Waals surface area contributed by atoms with Crippen molar-refractivity contribution >= 4 is 18.3 Å². The maximum Gasteiger partial charge on any atom is 0.431 e. The van der Waals surface area contributed by atoms with E-state index in [2.05, 4.69) is 17.0 Å². The summed E-state index contributed by atoms with van der Waals surface area (Å²) in [6.45, 7) is 6.92. The molecule has 1 amide bonds. The Kier molecular flexibility index (Phi) is 4.59. The summed E-state index contributed by atoms with van der Waals surface area (Å²) in [4.78, 5) is 15.3. The summed E-state index contributed by atoms with van der Waals surface area (Å²) in [6, 6.07) is 9.68. The molecule has 3 N–H and O–H groups in total. The molecule has 0 aromatic heterocycles. The Labute approximate surface area is 155 Å². The Bertz CT molecular complexity index is 923. The first-order valence-electron chi connectivity index (χ1n) is 8.41. The van der Waals surface area contributed by atoms with Crippen molar-refractivity contribution < 1.29 is 18.0 Å². The van der Waals surface area contributed by atoms with Crippen LogP contribution in [0.15, 0.2) is 41.4 Å². The van der Waals surface area contributed by atoms with Crippen molar-refractivity contribution in [3.63, 3.8) is 0 Å². The molecule has 0 saturated heterocycles. The Balaban J connectivity index is 2.13. The van der Waals surface area contributed by atoms with E-state index in [0.717, 1.165) is 16.7 Å². The lowest BCUT2D eigenvalue weighted by Gasteiger charge is -2.30. The first-order valence-corrected chi connectivity index (χ1v) is 8.41. The molecule has 7 heteroatoms. The molecule has 1 aliphatic rings. The van der Waals surface area contributed by atoms with E-state index in [9.17, 15) is 18.0 Å². The van der Waals surface area contributed by atoms with Crippen LogP contribution in [0.5, 0.6) is 0 Å². The minimum Gasteiger partial charge on any atom is -0.326 e. The van der Waals surface area contributed by atoms with Gasteiger partial charge in [-0.05, 0) is 48.9 Å². The van der Waals surface area contributed by atoms with Crippen LogP contribution in [0.4, 0.5) is 18.9 Å². The highest BCUT2D eigenvalue weighted by Gasteiger charge is 2.53. The summed E-state index contributed by atoms with van der Waals surface area (Å²) in [5, 5.41) is 2.84. The molecule has 0 aliphatic carbocycles. The second kappa shape index (κ2) is 6.49. The van der Waals surface area contributed by atoms with Crippen LogP contribution in [-0.2, 0) is 10.5 Å². The fourth-order valence-electron chi connectivity index (χ4n) is 3.37. The number of hydrogen-bond acceptors (Lipinski definition) is 3. The predicted octanol–water partition coefficient (Wildman–Crippen LogP) is 4.15. The van der Waals surface area contributed by atoms with Crippen LogP contribution in [0.3, 0.4) is 0 Å². The van der Waals surface area contributed by atoms with Gasteiger partial charge in [0.25, 0.3) is 0 Å². The van der Waals surface area contributed by atoms with Crippen molar-refractivity contribution in [2.45, 2.75) is 38.0 Å². The Morgan fingerprint density at radius 2 is 1.85 bits per heavy atom. The molecule has 142 valence electrons. The quantitative estimate of drug-likeness (QED) is 0.792. The summed E-state index contributed by atoms with van der Waals surface area (Å²) >= 11 is 0. The summed E-state index contributed by atoms with van der Waals surface area (Å²) in [5.41, 5.74) is 6.62. The highest BCUT2D eigenvalue weighted by atomic mass is 19.4. The zero-order valence-corrected chi connectivity index (χ0v) is 15.0. The molecule has 2 aromatic carbocycles. The second-order valence-corrected chi connectivity index (χ2v) is 6.88. The summed E-state index contributed by atoms with van der Waals surface area (Å²) in [6.07, 6.45) is -4.65. The number of benzene rings is 2. The third kappa shape index (κ3) is 3.23. The predicted molar refractivity (Wildman–Crippen MR) is 98.9 cm³/mol. The van der Waals surface area contributed by atoms with Gasteiger partial charge in [0, 0.05) is 23.6 Å². The number of halogens is 3. The number of anilines is 1. The first-order chi connectivity index (χ1) is 12.6. The van der Waals surface area contributed by atoms with Crippen LogP contribution < -0.4 is 11.1 Å². The van der Waals surface area contributed by atoms with Crippen LogP contribution in [0, 0.1) is 13.8 Å². The third-order valence-corrected chi connectivity index (χ3v) is 5.12. The van der Waals surface area contributed by atoms with Crippen molar-refractivity contribution in [1.29, 1.82) is 0 Å². The smallest absolute Gasteiger partial charge is 0.326 e. The van der Waals surface area contributed by atoms with Crippen LogP contribution in [0.25, 0.3) is 0 Å². The molecule has 3 rings (SSSR count). The lowest BCUT2D eigenvalue weighted by Crippen LogP contribution is -2.48. The molecule has 0 fully saturated rings. The minimum absolute atomic E-state index is 0.143. The number of aliphatic imine (C=N–C) groups is 1. The molecule has 4 nitrogen and oxygen atoms in total. The standard InChI is InChI=1S/C20H20F3N3O/c1-11-7-16-15(10-18(27)26-17(16)8-12(11)2)13-5-4-6-14(9-13)19(24,25-3)20(21,22)23/h4-9,15H,3,10,24H2,1-2H3,(H,26,27). The number of aryl methyl sites for hydroxylation is 2. The van der Waals surface area contributed by atoms with Crippen molar-refractivity contribution in [3.05, 3.63) is 64.2 Å². The molecular weight excluding hydrogens is 355 g/mol. The van der Waals surface area contributed by atoms with Gasteiger partial charge in [-0.1, -0.05) is 30.3 Å². The zero-order chi connectivity index (χ0) is 20.0. The molecular formula is C20H20F3N3O. The molecule has 0 bridgehead atoms. The zero-order valence-electron chi connectivity index (χ0n) is 15.0. The van der Waals surface area contributed by atoms with E-state index in [1.165, 1.54) is 18.2 Å². The van der Waals surface area contributed by atoms with Gasteiger partial charge in [-0.15, -0.1) is 0 Å². The molecule has 2 aromatic rings.